The molecule has 0 radical (unpaired) electrons. The number of para-hydroxylation sites is 1. The van der Waals surface area contributed by atoms with Gasteiger partial charge in [-0.1, -0.05) is 18.2 Å². The third-order valence-electron chi connectivity index (χ3n) is 2.10. The van der Waals surface area contributed by atoms with Gasteiger partial charge in [0, 0.05) is 5.56 Å². The lowest BCUT2D eigenvalue weighted by Gasteiger charge is -2.16. The van der Waals surface area contributed by atoms with Crippen molar-refractivity contribution in [2.45, 2.75) is 6.10 Å². The molecule has 0 fully saturated rings. The van der Waals surface area contributed by atoms with Crippen LogP contribution in [0.1, 0.15) is 11.7 Å². The van der Waals surface area contributed by atoms with Gasteiger partial charge < -0.3 is 20.4 Å². The van der Waals surface area contributed by atoms with E-state index < -0.39 is 24.0 Å². The second-order valence-electron chi connectivity index (χ2n) is 3.16. The molecule has 0 amide bonds. The maximum Gasteiger partial charge on any atom is 0.320 e. The van der Waals surface area contributed by atoms with E-state index in [-0.39, 0.29) is 11.3 Å². The molecule has 0 saturated carbocycles. The second kappa shape index (κ2) is 4.63. The lowest BCUT2D eigenvalue weighted by atomic mass is 9.95. The van der Waals surface area contributed by atoms with Gasteiger partial charge in [0.25, 0.3) is 0 Å². The van der Waals surface area contributed by atoms with Crippen LogP contribution in [-0.2, 0) is 9.59 Å². The van der Waals surface area contributed by atoms with Crippen LogP contribution in [0.4, 0.5) is 0 Å². The van der Waals surface area contributed by atoms with E-state index in [4.69, 9.17) is 10.2 Å². The molecule has 16 heavy (non-hydrogen) atoms. The van der Waals surface area contributed by atoms with Crippen LogP contribution in [-0.4, -0.2) is 32.4 Å². The van der Waals surface area contributed by atoms with Crippen LogP contribution >= 0.6 is 0 Å². The van der Waals surface area contributed by atoms with Crippen molar-refractivity contribution in [3.63, 3.8) is 0 Å². The van der Waals surface area contributed by atoms with Crippen LogP contribution in [0.25, 0.3) is 0 Å². The first-order valence-electron chi connectivity index (χ1n) is 4.36. The minimum Gasteiger partial charge on any atom is -0.508 e. The van der Waals surface area contributed by atoms with E-state index in [0.29, 0.717) is 0 Å². The minimum atomic E-state index is -2.01. The molecule has 86 valence electrons. The van der Waals surface area contributed by atoms with Gasteiger partial charge in [-0.2, -0.15) is 0 Å². The van der Waals surface area contributed by atoms with Gasteiger partial charge in [-0.15, -0.1) is 0 Å². The van der Waals surface area contributed by atoms with Gasteiger partial charge in [0.2, 0.25) is 0 Å². The number of aromatic hydroxyl groups is 1. The summed E-state index contributed by atoms with van der Waals surface area (Å²) in [4.78, 5) is 21.3. The van der Waals surface area contributed by atoms with Crippen molar-refractivity contribution in [2.75, 3.05) is 0 Å². The van der Waals surface area contributed by atoms with Crippen molar-refractivity contribution in [1.29, 1.82) is 0 Å². The smallest absolute Gasteiger partial charge is 0.320 e. The number of carboxylic acids is 2. The fourth-order valence-corrected chi connectivity index (χ4v) is 1.29. The first-order chi connectivity index (χ1) is 7.45. The Hall–Kier alpha value is -2.08. The first kappa shape index (κ1) is 12.0. The SMILES string of the molecule is O=C(O)C(C(=O)O)C(O)c1ccccc1O. The zero-order chi connectivity index (χ0) is 12.3. The van der Waals surface area contributed by atoms with E-state index in [2.05, 4.69) is 0 Å². The van der Waals surface area contributed by atoms with E-state index in [1.165, 1.54) is 24.3 Å². The van der Waals surface area contributed by atoms with Gasteiger partial charge in [0.15, 0.2) is 5.92 Å². The Balaban J connectivity index is 3.09. The van der Waals surface area contributed by atoms with Crippen LogP contribution in [0, 0.1) is 5.92 Å². The average Bonchev–Trinajstić information content (AvgIpc) is 2.16. The van der Waals surface area contributed by atoms with Gasteiger partial charge in [-0.25, -0.2) is 0 Å². The monoisotopic (exact) mass is 226 g/mol. The van der Waals surface area contributed by atoms with E-state index in [0.717, 1.165) is 0 Å². The zero-order valence-electron chi connectivity index (χ0n) is 8.07. The standard InChI is InChI=1S/C10H10O6/c11-6-4-2-1-3-5(6)8(12)7(9(13)14)10(15)16/h1-4,7-8,11-12H,(H,13,14)(H,15,16). The fourth-order valence-electron chi connectivity index (χ4n) is 1.29. The molecular formula is C10H10O6. The quantitative estimate of drug-likeness (QED) is 0.545. The molecule has 0 spiro atoms. The number of phenolic OH excluding ortho intramolecular Hbond substituents is 1. The summed E-state index contributed by atoms with van der Waals surface area (Å²) >= 11 is 0. The van der Waals surface area contributed by atoms with Crippen LogP contribution in [0.3, 0.4) is 0 Å². The number of aliphatic hydroxyl groups excluding tert-OH is 1. The van der Waals surface area contributed by atoms with Crippen LogP contribution < -0.4 is 0 Å². The maximum absolute atomic E-state index is 10.6. The summed E-state index contributed by atoms with van der Waals surface area (Å²) in [5.41, 5.74) is -0.127. The number of aliphatic carboxylic acids is 2. The zero-order valence-corrected chi connectivity index (χ0v) is 8.07. The molecule has 0 saturated heterocycles. The Morgan fingerprint density at radius 2 is 1.56 bits per heavy atom. The highest BCUT2D eigenvalue weighted by atomic mass is 16.4. The maximum atomic E-state index is 10.6. The fraction of sp³-hybridized carbons (Fsp3) is 0.200. The lowest BCUT2D eigenvalue weighted by molar-refractivity contribution is -0.160. The predicted molar refractivity (Wildman–Crippen MR) is 51.8 cm³/mol. The molecule has 0 aliphatic carbocycles. The number of phenols is 1. The van der Waals surface area contributed by atoms with Gasteiger partial charge in [-0.3, -0.25) is 9.59 Å². The lowest BCUT2D eigenvalue weighted by Crippen LogP contribution is -2.29. The minimum absolute atomic E-state index is 0.127. The van der Waals surface area contributed by atoms with Crippen LogP contribution in [0.2, 0.25) is 0 Å². The second-order valence-corrected chi connectivity index (χ2v) is 3.16. The molecular weight excluding hydrogens is 216 g/mol. The van der Waals surface area contributed by atoms with E-state index >= 15 is 0 Å². The van der Waals surface area contributed by atoms with Crippen LogP contribution in [0.15, 0.2) is 24.3 Å². The van der Waals surface area contributed by atoms with Gasteiger partial charge in [-0.05, 0) is 6.07 Å². The normalized spacial score (nSPS) is 12.4. The number of carbonyl (C=O) groups is 2. The Morgan fingerprint density at radius 3 is 2.00 bits per heavy atom. The molecule has 0 bridgehead atoms. The van der Waals surface area contributed by atoms with Crippen molar-refractivity contribution < 1.29 is 30.0 Å². The summed E-state index contributed by atoms with van der Waals surface area (Å²) in [6, 6.07) is 5.43. The summed E-state index contributed by atoms with van der Waals surface area (Å²) in [7, 11) is 0. The van der Waals surface area contributed by atoms with Crippen LogP contribution in [0.5, 0.6) is 5.75 Å². The molecule has 1 unspecified atom stereocenters. The Labute approximate surface area is 90.4 Å². The summed E-state index contributed by atoms with van der Waals surface area (Å²) in [5.74, 6) is -5.68. The largest absolute Gasteiger partial charge is 0.508 e. The molecule has 6 heteroatoms. The third-order valence-corrected chi connectivity index (χ3v) is 2.10. The Morgan fingerprint density at radius 1 is 1.06 bits per heavy atom. The van der Waals surface area contributed by atoms with Gasteiger partial charge in [0.05, 0.1) is 0 Å². The van der Waals surface area contributed by atoms with Gasteiger partial charge >= 0.3 is 11.9 Å². The molecule has 0 aliphatic heterocycles. The van der Waals surface area contributed by atoms with E-state index in [9.17, 15) is 19.8 Å². The number of benzene rings is 1. The number of hydrogen-bond acceptors (Lipinski definition) is 4. The van der Waals surface area contributed by atoms with Crippen molar-refractivity contribution in [3.8, 4) is 5.75 Å². The van der Waals surface area contributed by atoms with Gasteiger partial charge in [0.1, 0.15) is 11.9 Å². The molecule has 6 nitrogen and oxygen atoms in total. The highest BCUT2D eigenvalue weighted by Crippen LogP contribution is 2.29. The topological polar surface area (TPSA) is 115 Å². The molecule has 1 atom stereocenters. The number of carboxylic acid groups (broad SMARTS) is 2. The molecule has 1 aromatic carbocycles. The number of aliphatic hydroxyl groups is 1. The van der Waals surface area contributed by atoms with Crippen molar-refractivity contribution in [1.82, 2.24) is 0 Å². The van der Waals surface area contributed by atoms with E-state index in [1.807, 2.05) is 0 Å². The average molecular weight is 226 g/mol. The Bertz CT molecular complexity index is 400. The summed E-state index contributed by atoms with van der Waals surface area (Å²) in [5, 5.41) is 36.2. The predicted octanol–water partition coefficient (Wildman–Crippen LogP) is 0.211. The first-order valence-corrected chi connectivity index (χ1v) is 4.36. The molecule has 0 aliphatic rings. The summed E-state index contributed by atoms with van der Waals surface area (Å²) < 4.78 is 0. The Kier molecular flexibility index (Phi) is 3.47. The molecule has 1 rings (SSSR count). The molecule has 4 N–H and O–H groups in total. The number of hydrogen-bond donors (Lipinski definition) is 4. The van der Waals surface area contributed by atoms with Crippen molar-refractivity contribution in [2.24, 2.45) is 5.92 Å². The highest BCUT2D eigenvalue weighted by molar-refractivity contribution is 5.93. The van der Waals surface area contributed by atoms with Crippen molar-refractivity contribution in [3.05, 3.63) is 29.8 Å². The third kappa shape index (κ3) is 2.29. The van der Waals surface area contributed by atoms with Crippen molar-refractivity contribution >= 4 is 11.9 Å². The number of rotatable bonds is 4. The molecule has 0 aromatic heterocycles. The molecule has 0 heterocycles. The summed E-state index contributed by atoms with van der Waals surface area (Å²) in [6.45, 7) is 0. The highest BCUT2D eigenvalue weighted by Gasteiger charge is 2.35. The molecule has 1 aromatic rings. The van der Waals surface area contributed by atoms with E-state index in [1.54, 1.807) is 0 Å². The summed E-state index contributed by atoms with van der Waals surface area (Å²) in [6.07, 6.45) is -1.80.